The second-order valence-electron chi connectivity index (χ2n) is 4.04. The largest absolute Gasteiger partial charge is 0.383 e. The summed E-state index contributed by atoms with van der Waals surface area (Å²) in [6.07, 6.45) is 3.31. The minimum absolute atomic E-state index is 0.0106. The average molecular weight is 250 g/mol. The smallest absolute Gasteiger partial charge is 0.222 e. The third-order valence-corrected chi connectivity index (χ3v) is 2.85. The topological polar surface area (TPSA) is 47.6 Å². The summed E-state index contributed by atoms with van der Waals surface area (Å²) in [5.74, 6) is 0.549. The molecule has 1 rings (SSSR count). The highest BCUT2D eigenvalue weighted by Gasteiger charge is 2.20. The summed E-state index contributed by atoms with van der Waals surface area (Å²) in [5, 5.41) is 2.92. The van der Waals surface area contributed by atoms with E-state index >= 15 is 0 Å². The molecule has 1 fully saturated rings. The van der Waals surface area contributed by atoms with Crippen molar-refractivity contribution in [3.05, 3.63) is 0 Å². The Bertz CT molecular complexity index is 201. The number of ether oxygens (including phenoxy) is 2. The van der Waals surface area contributed by atoms with Gasteiger partial charge in [-0.25, -0.2) is 0 Å². The zero-order valence-corrected chi connectivity index (χ0v) is 10.5. The van der Waals surface area contributed by atoms with E-state index in [2.05, 4.69) is 5.32 Å². The van der Waals surface area contributed by atoms with Gasteiger partial charge in [0.25, 0.3) is 0 Å². The second kappa shape index (κ2) is 7.87. The summed E-state index contributed by atoms with van der Waals surface area (Å²) in [6, 6.07) is 0.0106. The van der Waals surface area contributed by atoms with E-state index < -0.39 is 0 Å². The van der Waals surface area contributed by atoms with Crippen molar-refractivity contribution < 1.29 is 14.3 Å². The molecule has 0 aromatic heterocycles. The van der Waals surface area contributed by atoms with Crippen molar-refractivity contribution in [2.45, 2.75) is 37.8 Å². The van der Waals surface area contributed by atoms with Crippen molar-refractivity contribution in [3.8, 4) is 0 Å². The molecule has 2 atom stereocenters. The van der Waals surface area contributed by atoms with Crippen LogP contribution in [0.3, 0.4) is 0 Å². The molecule has 1 aliphatic heterocycles. The number of hydrogen-bond donors (Lipinski definition) is 1. The number of alkyl halides is 1. The van der Waals surface area contributed by atoms with Crippen LogP contribution in [0.25, 0.3) is 0 Å². The fourth-order valence-electron chi connectivity index (χ4n) is 1.83. The monoisotopic (exact) mass is 249 g/mol. The number of halogens is 1. The van der Waals surface area contributed by atoms with Crippen LogP contribution in [-0.2, 0) is 14.3 Å². The molecule has 0 radical (unpaired) electrons. The lowest BCUT2D eigenvalue weighted by atomic mass is 10.1. The predicted octanol–water partition coefficient (Wildman–Crippen LogP) is 1.32. The highest BCUT2D eigenvalue weighted by Crippen LogP contribution is 2.15. The molecule has 16 heavy (non-hydrogen) atoms. The van der Waals surface area contributed by atoms with Gasteiger partial charge in [0, 0.05) is 19.6 Å². The van der Waals surface area contributed by atoms with E-state index in [4.69, 9.17) is 21.1 Å². The van der Waals surface area contributed by atoms with E-state index in [1.807, 2.05) is 0 Å². The Morgan fingerprint density at radius 2 is 2.50 bits per heavy atom. The molecule has 5 heteroatoms. The van der Waals surface area contributed by atoms with Crippen LogP contribution in [0.1, 0.15) is 25.7 Å². The van der Waals surface area contributed by atoms with Crippen LogP contribution >= 0.6 is 11.6 Å². The molecule has 1 saturated heterocycles. The number of carbonyl (C=O) groups excluding carboxylic acids is 1. The molecule has 4 nitrogen and oxygen atoms in total. The lowest BCUT2D eigenvalue weighted by molar-refractivity contribution is -0.124. The van der Waals surface area contributed by atoms with Gasteiger partial charge in [-0.15, -0.1) is 11.6 Å². The maximum atomic E-state index is 11.7. The Balaban J connectivity index is 2.23. The Hall–Kier alpha value is -0.320. The van der Waals surface area contributed by atoms with Crippen LogP contribution in [0.5, 0.6) is 0 Å². The van der Waals surface area contributed by atoms with Crippen LogP contribution in [-0.4, -0.2) is 44.3 Å². The van der Waals surface area contributed by atoms with Gasteiger partial charge in [0.1, 0.15) is 0 Å². The minimum atomic E-state index is 0.0106. The summed E-state index contributed by atoms with van der Waals surface area (Å²) < 4.78 is 10.4. The van der Waals surface area contributed by atoms with Crippen molar-refractivity contribution in [1.29, 1.82) is 0 Å². The molecule has 1 heterocycles. The van der Waals surface area contributed by atoms with Gasteiger partial charge in [-0.05, 0) is 19.3 Å². The van der Waals surface area contributed by atoms with Gasteiger partial charge >= 0.3 is 0 Å². The zero-order chi connectivity index (χ0) is 11.8. The van der Waals surface area contributed by atoms with Crippen molar-refractivity contribution in [1.82, 2.24) is 5.32 Å². The van der Waals surface area contributed by atoms with Crippen LogP contribution < -0.4 is 5.32 Å². The minimum Gasteiger partial charge on any atom is -0.383 e. The van der Waals surface area contributed by atoms with E-state index in [0.717, 1.165) is 25.9 Å². The van der Waals surface area contributed by atoms with Gasteiger partial charge in [-0.1, -0.05) is 0 Å². The van der Waals surface area contributed by atoms with Crippen molar-refractivity contribution >= 4 is 17.5 Å². The number of amides is 1. The first-order chi connectivity index (χ1) is 7.76. The zero-order valence-electron chi connectivity index (χ0n) is 9.71. The highest BCUT2D eigenvalue weighted by atomic mass is 35.5. The first-order valence-electron chi connectivity index (χ1n) is 5.72. The van der Waals surface area contributed by atoms with Crippen LogP contribution in [0, 0.1) is 0 Å². The lowest BCUT2D eigenvalue weighted by Gasteiger charge is -2.18. The van der Waals surface area contributed by atoms with E-state index in [0.29, 0.717) is 18.9 Å². The third kappa shape index (κ3) is 5.14. The van der Waals surface area contributed by atoms with Crippen molar-refractivity contribution in [2.24, 2.45) is 0 Å². The third-order valence-electron chi connectivity index (χ3n) is 2.63. The number of nitrogens with one attached hydrogen (secondary N) is 1. The molecule has 0 spiro atoms. The molecule has 0 aliphatic carbocycles. The van der Waals surface area contributed by atoms with E-state index in [1.165, 1.54) is 0 Å². The molecule has 1 aliphatic rings. The Kier molecular flexibility index (Phi) is 6.76. The number of rotatable bonds is 7. The SMILES string of the molecule is COCC(CCCl)NC(=O)CC1CCCO1. The molecule has 1 amide bonds. The molecule has 94 valence electrons. The Labute approximate surface area is 102 Å². The molecule has 0 aromatic carbocycles. The van der Waals surface area contributed by atoms with Crippen molar-refractivity contribution in [3.63, 3.8) is 0 Å². The molecule has 0 aromatic rings. The van der Waals surface area contributed by atoms with Crippen LogP contribution in [0.15, 0.2) is 0 Å². The van der Waals surface area contributed by atoms with Crippen molar-refractivity contribution in [2.75, 3.05) is 26.2 Å². The summed E-state index contributed by atoms with van der Waals surface area (Å²) in [6.45, 7) is 1.28. The molecular formula is C11H20ClNO3. The van der Waals surface area contributed by atoms with Gasteiger partial charge in [0.05, 0.1) is 25.2 Å². The number of hydrogen-bond acceptors (Lipinski definition) is 3. The van der Waals surface area contributed by atoms with Gasteiger partial charge in [0.2, 0.25) is 5.91 Å². The molecule has 1 N–H and O–H groups in total. The summed E-state index contributed by atoms with van der Waals surface area (Å²) in [5.41, 5.74) is 0. The number of carbonyl (C=O) groups is 1. The van der Waals surface area contributed by atoms with Crippen LogP contribution in [0.2, 0.25) is 0 Å². The Morgan fingerprint density at radius 1 is 1.69 bits per heavy atom. The predicted molar refractivity (Wildman–Crippen MR) is 62.7 cm³/mol. The quantitative estimate of drug-likeness (QED) is 0.693. The normalized spacial score (nSPS) is 22.0. The first kappa shape index (κ1) is 13.7. The lowest BCUT2D eigenvalue weighted by Crippen LogP contribution is -2.39. The molecule has 2 unspecified atom stereocenters. The van der Waals surface area contributed by atoms with Gasteiger partial charge in [-0.2, -0.15) is 0 Å². The fraction of sp³-hybridized carbons (Fsp3) is 0.909. The maximum absolute atomic E-state index is 11.7. The van der Waals surface area contributed by atoms with E-state index in [-0.39, 0.29) is 18.1 Å². The van der Waals surface area contributed by atoms with Crippen LogP contribution in [0.4, 0.5) is 0 Å². The highest BCUT2D eigenvalue weighted by molar-refractivity contribution is 6.17. The molecule has 0 bridgehead atoms. The van der Waals surface area contributed by atoms with E-state index in [1.54, 1.807) is 7.11 Å². The Morgan fingerprint density at radius 3 is 3.06 bits per heavy atom. The van der Waals surface area contributed by atoms with Gasteiger partial charge < -0.3 is 14.8 Å². The summed E-state index contributed by atoms with van der Waals surface area (Å²) in [7, 11) is 1.62. The molecule has 0 saturated carbocycles. The number of methoxy groups -OCH3 is 1. The standard InChI is InChI=1S/C11H20ClNO3/c1-15-8-9(4-5-12)13-11(14)7-10-3-2-6-16-10/h9-10H,2-8H2,1H3,(H,13,14). The van der Waals surface area contributed by atoms with E-state index in [9.17, 15) is 4.79 Å². The average Bonchev–Trinajstić information content (AvgIpc) is 2.71. The summed E-state index contributed by atoms with van der Waals surface area (Å²) in [4.78, 5) is 11.7. The first-order valence-corrected chi connectivity index (χ1v) is 6.25. The molecular weight excluding hydrogens is 230 g/mol. The summed E-state index contributed by atoms with van der Waals surface area (Å²) >= 11 is 5.65. The maximum Gasteiger partial charge on any atom is 0.222 e. The fourth-order valence-corrected chi connectivity index (χ4v) is 2.09. The van der Waals surface area contributed by atoms with Gasteiger partial charge in [-0.3, -0.25) is 4.79 Å². The van der Waals surface area contributed by atoms with Gasteiger partial charge in [0.15, 0.2) is 0 Å². The second-order valence-corrected chi connectivity index (χ2v) is 4.41.